The number of hydrogen-bond donors (Lipinski definition) is 1. The molecule has 154 valence electrons. The number of amides is 2. The van der Waals surface area contributed by atoms with E-state index in [-0.39, 0.29) is 6.03 Å². The van der Waals surface area contributed by atoms with Crippen LogP contribution in [0, 0.1) is 6.92 Å². The summed E-state index contributed by atoms with van der Waals surface area (Å²) in [7, 11) is 0. The van der Waals surface area contributed by atoms with Crippen LogP contribution in [0.25, 0.3) is 0 Å². The van der Waals surface area contributed by atoms with Gasteiger partial charge in [-0.25, -0.2) is 4.79 Å². The zero-order valence-corrected chi connectivity index (χ0v) is 17.5. The second-order valence-corrected chi connectivity index (χ2v) is 8.09. The summed E-state index contributed by atoms with van der Waals surface area (Å²) < 4.78 is 0. The van der Waals surface area contributed by atoms with E-state index in [0.717, 1.165) is 43.4 Å². The molecule has 1 aromatic heterocycles. The minimum Gasteiger partial charge on any atom is -0.355 e. The van der Waals surface area contributed by atoms with Crippen LogP contribution in [0.4, 0.5) is 22.1 Å². The number of hydrogen-bond acceptors (Lipinski definition) is 5. The molecule has 29 heavy (non-hydrogen) atoms. The lowest BCUT2D eigenvalue weighted by Crippen LogP contribution is -2.50. The van der Waals surface area contributed by atoms with Gasteiger partial charge in [-0.1, -0.05) is 17.7 Å². The van der Waals surface area contributed by atoms with Crippen molar-refractivity contribution >= 4 is 35.0 Å². The van der Waals surface area contributed by atoms with Crippen LogP contribution in [0.3, 0.4) is 0 Å². The van der Waals surface area contributed by atoms with Crippen molar-refractivity contribution in [3.63, 3.8) is 0 Å². The monoisotopic (exact) mass is 414 g/mol. The SMILES string of the molecule is Cc1ccc(NC(=O)N2CCN(c3ccc(N4CCCCC4)nn3)CC2)c(Cl)c1. The molecule has 4 rings (SSSR count). The summed E-state index contributed by atoms with van der Waals surface area (Å²) in [5, 5.41) is 12.3. The molecule has 0 saturated carbocycles. The highest BCUT2D eigenvalue weighted by molar-refractivity contribution is 6.33. The lowest BCUT2D eigenvalue weighted by Gasteiger charge is -2.35. The van der Waals surface area contributed by atoms with E-state index < -0.39 is 0 Å². The molecule has 0 aliphatic carbocycles. The Labute approximate surface area is 176 Å². The predicted octanol–water partition coefficient (Wildman–Crippen LogP) is 3.78. The van der Waals surface area contributed by atoms with Gasteiger partial charge in [-0.15, -0.1) is 10.2 Å². The molecule has 0 atom stereocenters. The Morgan fingerprint density at radius 3 is 2.10 bits per heavy atom. The zero-order valence-electron chi connectivity index (χ0n) is 16.8. The number of carbonyl (C=O) groups excluding carboxylic acids is 1. The van der Waals surface area contributed by atoms with Crippen LogP contribution in [0.1, 0.15) is 24.8 Å². The van der Waals surface area contributed by atoms with Gasteiger partial charge in [0.1, 0.15) is 0 Å². The summed E-state index contributed by atoms with van der Waals surface area (Å²) in [5.74, 6) is 1.83. The molecule has 2 saturated heterocycles. The molecular formula is C21H27ClN6O. The third kappa shape index (κ3) is 4.72. The summed E-state index contributed by atoms with van der Waals surface area (Å²) in [6.07, 6.45) is 3.75. The van der Waals surface area contributed by atoms with E-state index in [2.05, 4.69) is 31.4 Å². The van der Waals surface area contributed by atoms with E-state index in [0.29, 0.717) is 23.8 Å². The van der Waals surface area contributed by atoms with Gasteiger partial charge in [-0.2, -0.15) is 0 Å². The van der Waals surface area contributed by atoms with Gasteiger partial charge in [0.15, 0.2) is 11.6 Å². The quantitative estimate of drug-likeness (QED) is 0.827. The van der Waals surface area contributed by atoms with Crippen molar-refractivity contribution in [2.24, 2.45) is 0 Å². The number of aryl methyl sites for hydroxylation is 1. The Kier molecular flexibility index (Phi) is 6.04. The van der Waals surface area contributed by atoms with Gasteiger partial charge in [0.25, 0.3) is 0 Å². The highest BCUT2D eigenvalue weighted by Gasteiger charge is 2.23. The van der Waals surface area contributed by atoms with Crippen molar-refractivity contribution in [3.05, 3.63) is 40.9 Å². The Bertz CT molecular complexity index is 845. The molecule has 2 fully saturated rings. The maximum absolute atomic E-state index is 12.6. The third-order valence-corrected chi connectivity index (χ3v) is 5.89. The van der Waals surface area contributed by atoms with Gasteiger partial charge in [-0.05, 0) is 56.0 Å². The van der Waals surface area contributed by atoms with Crippen molar-refractivity contribution in [1.82, 2.24) is 15.1 Å². The van der Waals surface area contributed by atoms with Crippen molar-refractivity contribution in [2.45, 2.75) is 26.2 Å². The van der Waals surface area contributed by atoms with Crippen LogP contribution < -0.4 is 15.1 Å². The topological polar surface area (TPSA) is 64.6 Å². The molecular weight excluding hydrogens is 388 g/mol. The highest BCUT2D eigenvalue weighted by atomic mass is 35.5. The first-order valence-electron chi connectivity index (χ1n) is 10.3. The molecule has 0 bridgehead atoms. The number of piperidine rings is 1. The summed E-state index contributed by atoms with van der Waals surface area (Å²) in [6.45, 7) is 6.81. The summed E-state index contributed by atoms with van der Waals surface area (Å²) in [6, 6.07) is 9.60. The fourth-order valence-corrected chi connectivity index (χ4v) is 4.12. The molecule has 7 nitrogen and oxygen atoms in total. The van der Waals surface area contributed by atoms with Crippen molar-refractivity contribution in [3.8, 4) is 0 Å². The zero-order chi connectivity index (χ0) is 20.2. The van der Waals surface area contributed by atoms with Crippen LogP contribution in [-0.2, 0) is 0 Å². The largest absolute Gasteiger partial charge is 0.355 e. The first kappa shape index (κ1) is 19.8. The van der Waals surface area contributed by atoms with Crippen molar-refractivity contribution < 1.29 is 4.79 Å². The molecule has 0 spiro atoms. The number of halogens is 1. The Balaban J connectivity index is 1.31. The smallest absolute Gasteiger partial charge is 0.322 e. The van der Waals surface area contributed by atoms with Gasteiger partial charge in [-0.3, -0.25) is 0 Å². The van der Waals surface area contributed by atoms with Crippen LogP contribution >= 0.6 is 11.6 Å². The maximum Gasteiger partial charge on any atom is 0.322 e. The van der Waals surface area contributed by atoms with E-state index >= 15 is 0 Å². The number of rotatable bonds is 3. The third-order valence-electron chi connectivity index (χ3n) is 5.57. The Hall–Kier alpha value is -2.54. The number of aromatic nitrogens is 2. The van der Waals surface area contributed by atoms with Crippen LogP contribution in [0.5, 0.6) is 0 Å². The van der Waals surface area contributed by atoms with Crippen LogP contribution in [-0.4, -0.2) is 60.4 Å². The summed E-state index contributed by atoms with van der Waals surface area (Å²) in [5.41, 5.74) is 1.71. The standard InChI is InChI=1S/C21H27ClN6O/c1-16-5-6-18(17(22)15-16)23-21(29)28-13-11-27(12-14-28)20-8-7-19(24-25-20)26-9-3-2-4-10-26/h5-8,15H,2-4,9-14H2,1H3,(H,23,29). The number of nitrogens with one attached hydrogen (secondary N) is 1. The number of nitrogens with zero attached hydrogens (tertiary/aromatic N) is 5. The Morgan fingerprint density at radius 2 is 1.52 bits per heavy atom. The molecule has 0 unspecified atom stereocenters. The van der Waals surface area contributed by atoms with E-state index in [9.17, 15) is 4.79 Å². The average Bonchev–Trinajstić information content (AvgIpc) is 2.76. The molecule has 2 aromatic rings. The first-order chi connectivity index (χ1) is 14.1. The van der Waals surface area contributed by atoms with Crippen molar-refractivity contribution in [2.75, 3.05) is 54.4 Å². The minimum atomic E-state index is -0.123. The van der Waals surface area contributed by atoms with E-state index in [4.69, 9.17) is 11.6 Å². The first-order valence-corrected chi connectivity index (χ1v) is 10.6. The van der Waals surface area contributed by atoms with Gasteiger partial charge >= 0.3 is 6.03 Å². The fourth-order valence-electron chi connectivity index (χ4n) is 3.83. The number of urea groups is 1. The van der Waals surface area contributed by atoms with Gasteiger partial charge in [0.05, 0.1) is 10.7 Å². The molecule has 1 aromatic carbocycles. The molecule has 0 radical (unpaired) electrons. The van der Waals surface area contributed by atoms with E-state index in [1.165, 1.54) is 19.3 Å². The highest BCUT2D eigenvalue weighted by Crippen LogP contribution is 2.24. The van der Waals surface area contributed by atoms with Crippen molar-refractivity contribution in [1.29, 1.82) is 0 Å². The number of anilines is 3. The van der Waals surface area contributed by atoms with E-state index in [1.807, 2.05) is 36.1 Å². The fraction of sp³-hybridized carbons (Fsp3) is 0.476. The predicted molar refractivity (Wildman–Crippen MR) is 117 cm³/mol. The number of carbonyl (C=O) groups is 1. The molecule has 8 heteroatoms. The second kappa shape index (κ2) is 8.86. The van der Waals surface area contributed by atoms with Gasteiger partial charge in [0.2, 0.25) is 0 Å². The molecule has 2 amide bonds. The van der Waals surface area contributed by atoms with E-state index in [1.54, 1.807) is 0 Å². The van der Waals surface area contributed by atoms with Gasteiger partial charge in [0, 0.05) is 39.3 Å². The van der Waals surface area contributed by atoms with Crippen LogP contribution in [0.15, 0.2) is 30.3 Å². The van der Waals surface area contributed by atoms with Gasteiger partial charge < -0.3 is 20.0 Å². The number of benzene rings is 1. The van der Waals surface area contributed by atoms with Crippen LogP contribution in [0.2, 0.25) is 5.02 Å². The normalized spacial score (nSPS) is 17.4. The average molecular weight is 415 g/mol. The second-order valence-electron chi connectivity index (χ2n) is 7.68. The maximum atomic E-state index is 12.6. The summed E-state index contributed by atoms with van der Waals surface area (Å²) in [4.78, 5) is 18.9. The molecule has 3 heterocycles. The lowest BCUT2D eigenvalue weighted by atomic mass is 10.1. The molecule has 1 N–H and O–H groups in total. The Morgan fingerprint density at radius 1 is 0.897 bits per heavy atom. The number of piperazine rings is 1. The summed E-state index contributed by atoms with van der Waals surface area (Å²) >= 11 is 6.22. The minimum absolute atomic E-state index is 0.123. The lowest BCUT2D eigenvalue weighted by molar-refractivity contribution is 0.208. The molecule has 2 aliphatic rings. The molecule has 2 aliphatic heterocycles.